The van der Waals surface area contributed by atoms with Crippen molar-refractivity contribution >= 4 is 35.1 Å². The molecule has 26 heavy (non-hydrogen) atoms. The number of hydrogen-bond acceptors (Lipinski definition) is 0. The summed E-state index contributed by atoms with van der Waals surface area (Å²) in [5.74, 6) is 0. The van der Waals surface area contributed by atoms with Gasteiger partial charge in [0.2, 0.25) is 0 Å². The van der Waals surface area contributed by atoms with Gasteiger partial charge in [-0.05, 0) is 33.0 Å². The van der Waals surface area contributed by atoms with Gasteiger partial charge in [0.05, 0.1) is 0 Å². The van der Waals surface area contributed by atoms with Gasteiger partial charge in [0.25, 0.3) is 0 Å². The summed E-state index contributed by atoms with van der Waals surface area (Å²) in [5.41, 5.74) is 4.90. The fraction of sp³-hybridized carbons (Fsp3) is 0. The lowest BCUT2D eigenvalue weighted by Crippen LogP contribution is -1.83. The summed E-state index contributed by atoms with van der Waals surface area (Å²) in [6, 6.07) is 33.8. The normalized spacial score (nSPS) is 11.5. The Morgan fingerprint density at radius 3 is 1.15 bits per heavy atom. The number of rotatable bonds is 4. The summed E-state index contributed by atoms with van der Waals surface area (Å²) in [6.45, 7) is 0. The van der Waals surface area contributed by atoms with Crippen molar-refractivity contribution in [2.45, 2.75) is 0 Å². The van der Waals surface area contributed by atoms with Crippen LogP contribution in [0.1, 0.15) is 22.3 Å². The lowest BCUT2D eigenvalue weighted by atomic mass is 9.98. The molecule has 0 atom stereocenters. The van der Waals surface area contributed by atoms with E-state index < -0.39 is 0 Å². The van der Waals surface area contributed by atoms with Gasteiger partial charge < -0.3 is 0 Å². The van der Waals surface area contributed by atoms with Crippen molar-refractivity contribution in [2.24, 2.45) is 0 Å². The van der Waals surface area contributed by atoms with Crippen LogP contribution in [0.3, 0.4) is 0 Å². The van der Waals surface area contributed by atoms with Crippen LogP contribution in [-0.2, 0) is 0 Å². The second kappa shape index (κ2) is 7.67. The Hall–Kier alpha value is -3.38. The highest BCUT2D eigenvalue weighted by Gasteiger charge is 2.02. The number of benzene rings is 4. The number of hydrogen-bond donors (Lipinski definition) is 0. The molecule has 0 radical (unpaired) electrons. The van der Waals surface area contributed by atoms with Crippen LogP contribution in [0.5, 0.6) is 0 Å². The van der Waals surface area contributed by atoms with Gasteiger partial charge in [-0.2, -0.15) is 0 Å². The quantitative estimate of drug-likeness (QED) is 0.347. The van der Waals surface area contributed by atoms with E-state index in [9.17, 15) is 0 Å². The zero-order chi connectivity index (χ0) is 17.6. The monoisotopic (exact) mass is 332 g/mol. The van der Waals surface area contributed by atoms with E-state index in [1.807, 2.05) is 12.1 Å². The van der Waals surface area contributed by atoms with Gasteiger partial charge in [0.15, 0.2) is 0 Å². The first-order valence-corrected chi connectivity index (χ1v) is 8.88. The maximum absolute atomic E-state index is 2.20. The minimum absolute atomic E-state index is 1.21. The fourth-order valence-electron chi connectivity index (χ4n) is 3.14. The Morgan fingerprint density at radius 1 is 0.346 bits per heavy atom. The molecule has 0 spiro atoms. The van der Waals surface area contributed by atoms with E-state index in [1.54, 1.807) is 0 Å². The summed E-state index contributed by atoms with van der Waals surface area (Å²) >= 11 is 0. The highest BCUT2D eigenvalue weighted by atomic mass is 14.1. The van der Waals surface area contributed by atoms with Crippen LogP contribution >= 0.6 is 0 Å². The Balaban J connectivity index is 1.72. The van der Waals surface area contributed by atoms with E-state index in [2.05, 4.69) is 109 Å². The number of fused-ring (bicyclic) bond motifs is 1. The van der Waals surface area contributed by atoms with Gasteiger partial charge in [-0.1, -0.05) is 121 Å². The van der Waals surface area contributed by atoms with Crippen LogP contribution < -0.4 is 0 Å². The molecule has 0 saturated heterocycles. The van der Waals surface area contributed by atoms with Gasteiger partial charge in [-0.15, -0.1) is 0 Å². The second-order valence-electron chi connectivity index (χ2n) is 6.28. The van der Waals surface area contributed by atoms with Gasteiger partial charge in [0, 0.05) is 0 Å². The third-order valence-corrected chi connectivity index (χ3v) is 4.50. The lowest BCUT2D eigenvalue weighted by Gasteiger charge is -2.06. The summed E-state index contributed by atoms with van der Waals surface area (Å²) < 4.78 is 0. The van der Waals surface area contributed by atoms with Crippen molar-refractivity contribution < 1.29 is 0 Å². The maximum Gasteiger partial charge on any atom is -0.0105 e. The van der Waals surface area contributed by atoms with Crippen molar-refractivity contribution in [1.82, 2.24) is 0 Å². The standard InChI is InChI=1S/C26H20/c1-3-9-21(10-4-1)15-17-23-19-20-24(26-14-8-7-13-25(23)26)18-16-22-11-5-2-6-12-22/h1-20H/b17-15+,18-16+. The molecule has 0 N–H and O–H groups in total. The van der Waals surface area contributed by atoms with Gasteiger partial charge in [-0.3, -0.25) is 0 Å². The third kappa shape index (κ3) is 3.65. The molecule has 0 heterocycles. The fourth-order valence-corrected chi connectivity index (χ4v) is 3.14. The van der Waals surface area contributed by atoms with E-state index in [0.717, 1.165) is 0 Å². The topological polar surface area (TPSA) is 0 Å². The predicted molar refractivity (Wildman–Crippen MR) is 115 cm³/mol. The largest absolute Gasteiger partial charge is 0.0622 e. The second-order valence-corrected chi connectivity index (χ2v) is 6.28. The average Bonchev–Trinajstić information content (AvgIpc) is 2.72. The van der Waals surface area contributed by atoms with E-state index in [1.165, 1.54) is 33.0 Å². The smallest absolute Gasteiger partial charge is 0.0105 e. The van der Waals surface area contributed by atoms with Crippen LogP contribution in [0.15, 0.2) is 97.1 Å². The van der Waals surface area contributed by atoms with Crippen molar-refractivity contribution in [3.8, 4) is 0 Å². The van der Waals surface area contributed by atoms with E-state index in [4.69, 9.17) is 0 Å². The van der Waals surface area contributed by atoms with Crippen LogP contribution in [0, 0.1) is 0 Å². The van der Waals surface area contributed by atoms with Crippen molar-refractivity contribution in [2.75, 3.05) is 0 Å². The average molecular weight is 332 g/mol. The molecule has 4 aromatic carbocycles. The molecule has 0 aliphatic carbocycles. The first kappa shape index (κ1) is 16.1. The molecule has 0 fully saturated rings. The Bertz CT molecular complexity index is 967. The van der Waals surface area contributed by atoms with E-state index in [0.29, 0.717) is 0 Å². The Labute approximate surface area is 154 Å². The molecular formula is C26H20. The lowest BCUT2D eigenvalue weighted by molar-refractivity contribution is 1.65. The Kier molecular flexibility index (Phi) is 4.75. The predicted octanol–water partition coefficient (Wildman–Crippen LogP) is 7.18. The summed E-state index contributed by atoms with van der Waals surface area (Å²) in [6.07, 6.45) is 8.73. The first-order valence-electron chi connectivity index (χ1n) is 8.88. The zero-order valence-corrected chi connectivity index (χ0v) is 14.5. The molecule has 0 amide bonds. The van der Waals surface area contributed by atoms with Crippen LogP contribution in [0.4, 0.5) is 0 Å². The highest BCUT2D eigenvalue weighted by Crippen LogP contribution is 2.26. The molecule has 0 unspecified atom stereocenters. The van der Waals surface area contributed by atoms with Gasteiger partial charge in [-0.25, -0.2) is 0 Å². The molecule has 0 nitrogen and oxygen atoms in total. The van der Waals surface area contributed by atoms with Crippen molar-refractivity contribution in [3.05, 3.63) is 119 Å². The first-order chi connectivity index (χ1) is 12.9. The third-order valence-electron chi connectivity index (χ3n) is 4.50. The summed E-state index contributed by atoms with van der Waals surface area (Å²) in [7, 11) is 0. The molecule has 0 aromatic heterocycles. The van der Waals surface area contributed by atoms with Crippen molar-refractivity contribution in [1.29, 1.82) is 0 Å². The van der Waals surface area contributed by atoms with Gasteiger partial charge >= 0.3 is 0 Å². The molecule has 0 heteroatoms. The molecule has 0 aliphatic heterocycles. The van der Waals surface area contributed by atoms with E-state index >= 15 is 0 Å². The van der Waals surface area contributed by atoms with Crippen LogP contribution in [0.2, 0.25) is 0 Å². The maximum atomic E-state index is 2.20. The molecular weight excluding hydrogens is 312 g/mol. The Morgan fingerprint density at radius 2 is 0.731 bits per heavy atom. The zero-order valence-electron chi connectivity index (χ0n) is 14.5. The van der Waals surface area contributed by atoms with Crippen molar-refractivity contribution in [3.63, 3.8) is 0 Å². The van der Waals surface area contributed by atoms with Crippen LogP contribution in [0.25, 0.3) is 35.1 Å². The highest BCUT2D eigenvalue weighted by molar-refractivity contribution is 5.99. The SMILES string of the molecule is C(=C\c1ccc(/C=C/c2ccccc2)c2ccccc12)/c1ccccc1. The summed E-state index contributed by atoms with van der Waals surface area (Å²) in [4.78, 5) is 0. The summed E-state index contributed by atoms with van der Waals surface area (Å²) in [5, 5.41) is 2.55. The molecule has 0 saturated carbocycles. The van der Waals surface area contributed by atoms with Gasteiger partial charge in [0.1, 0.15) is 0 Å². The molecule has 0 aliphatic rings. The molecule has 4 aromatic rings. The van der Waals surface area contributed by atoms with Crippen LogP contribution in [-0.4, -0.2) is 0 Å². The molecule has 124 valence electrons. The molecule has 0 bridgehead atoms. The minimum atomic E-state index is 1.21. The molecule has 4 rings (SSSR count). The van der Waals surface area contributed by atoms with E-state index in [-0.39, 0.29) is 0 Å². The minimum Gasteiger partial charge on any atom is -0.0622 e.